The lowest BCUT2D eigenvalue weighted by atomic mass is 10.1. The molecular weight excluding hydrogens is 324 g/mol. The van der Waals surface area contributed by atoms with Crippen LogP contribution in [0.15, 0.2) is 47.3 Å². The molecule has 0 aliphatic heterocycles. The van der Waals surface area contributed by atoms with Gasteiger partial charge in [0.1, 0.15) is 0 Å². The van der Waals surface area contributed by atoms with Gasteiger partial charge in [-0.3, -0.25) is 4.79 Å². The molecule has 2 heterocycles. The van der Waals surface area contributed by atoms with Crippen LogP contribution in [-0.2, 0) is 17.0 Å². The number of hydrogen-bond donors (Lipinski definition) is 2. The molecule has 0 saturated carbocycles. The van der Waals surface area contributed by atoms with Gasteiger partial charge >= 0.3 is 0 Å². The monoisotopic (exact) mass is 344 g/mol. The van der Waals surface area contributed by atoms with Crippen molar-refractivity contribution in [2.75, 3.05) is 12.3 Å². The van der Waals surface area contributed by atoms with Gasteiger partial charge in [0.25, 0.3) is 0 Å². The number of aromatic nitrogens is 1. The maximum atomic E-state index is 11.9. The number of H-pyrrole nitrogens is 1. The van der Waals surface area contributed by atoms with Crippen molar-refractivity contribution in [3.8, 4) is 0 Å². The zero-order chi connectivity index (χ0) is 15.9. The van der Waals surface area contributed by atoms with Crippen LogP contribution in [-0.4, -0.2) is 23.2 Å². The molecule has 2 aromatic heterocycles. The van der Waals surface area contributed by atoms with E-state index in [0.29, 0.717) is 6.42 Å². The maximum absolute atomic E-state index is 11.9. The van der Waals surface area contributed by atoms with Gasteiger partial charge in [-0.1, -0.05) is 18.2 Å². The van der Waals surface area contributed by atoms with Crippen molar-refractivity contribution in [1.29, 1.82) is 0 Å². The van der Waals surface area contributed by atoms with Gasteiger partial charge in [-0.15, -0.1) is 0 Å². The number of rotatable bonds is 8. The van der Waals surface area contributed by atoms with Crippen molar-refractivity contribution in [3.05, 3.63) is 58.4 Å². The van der Waals surface area contributed by atoms with E-state index in [1.54, 1.807) is 11.3 Å². The van der Waals surface area contributed by atoms with Crippen molar-refractivity contribution in [2.24, 2.45) is 0 Å². The van der Waals surface area contributed by atoms with Crippen LogP contribution in [0.2, 0.25) is 0 Å². The van der Waals surface area contributed by atoms with Crippen molar-refractivity contribution in [1.82, 2.24) is 10.3 Å². The van der Waals surface area contributed by atoms with Gasteiger partial charge < -0.3 is 10.3 Å². The van der Waals surface area contributed by atoms with Crippen LogP contribution >= 0.6 is 23.1 Å². The van der Waals surface area contributed by atoms with E-state index >= 15 is 0 Å². The van der Waals surface area contributed by atoms with Gasteiger partial charge in [0, 0.05) is 41.6 Å². The summed E-state index contributed by atoms with van der Waals surface area (Å²) >= 11 is 3.59. The Morgan fingerprint density at radius 3 is 3.04 bits per heavy atom. The number of amides is 1. The molecular formula is C18H20N2OS2. The lowest BCUT2D eigenvalue weighted by Gasteiger charge is -2.05. The fourth-order valence-corrected chi connectivity index (χ4v) is 4.08. The third kappa shape index (κ3) is 4.62. The molecule has 3 aromatic rings. The minimum absolute atomic E-state index is 0.131. The number of thioether (sulfide) groups is 1. The first-order chi connectivity index (χ1) is 11.3. The highest BCUT2D eigenvalue weighted by molar-refractivity contribution is 7.98. The van der Waals surface area contributed by atoms with Crippen LogP contribution in [0.5, 0.6) is 0 Å². The molecule has 0 saturated heterocycles. The van der Waals surface area contributed by atoms with Crippen molar-refractivity contribution in [2.45, 2.75) is 18.6 Å². The van der Waals surface area contributed by atoms with Gasteiger partial charge in [-0.05, 0) is 40.4 Å². The highest BCUT2D eigenvalue weighted by Crippen LogP contribution is 2.19. The molecule has 120 valence electrons. The highest BCUT2D eigenvalue weighted by Gasteiger charge is 2.06. The van der Waals surface area contributed by atoms with Crippen LogP contribution in [0.4, 0.5) is 0 Å². The highest BCUT2D eigenvalue weighted by atomic mass is 32.2. The van der Waals surface area contributed by atoms with E-state index in [0.717, 1.165) is 30.0 Å². The van der Waals surface area contributed by atoms with Gasteiger partial charge in [0.15, 0.2) is 0 Å². The summed E-state index contributed by atoms with van der Waals surface area (Å²) in [5, 5.41) is 8.49. The number of carbonyl (C=O) groups excluding carboxylic acids is 1. The second-order valence-electron chi connectivity index (χ2n) is 5.39. The molecule has 1 aromatic carbocycles. The Balaban J connectivity index is 1.35. The number of fused-ring (bicyclic) bond motifs is 1. The van der Waals surface area contributed by atoms with E-state index in [1.807, 2.05) is 30.1 Å². The topological polar surface area (TPSA) is 44.9 Å². The molecule has 1 amide bonds. The third-order valence-corrected chi connectivity index (χ3v) is 5.48. The first-order valence-corrected chi connectivity index (χ1v) is 9.83. The van der Waals surface area contributed by atoms with Crippen LogP contribution in [0.1, 0.15) is 17.5 Å². The van der Waals surface area contributed by atoms with Crippen LogP contribution in [0, 0.1) is 0 Å². The Kier molecular flexibility index (Phi) is 5.77. The van der Waals surface area contributed by atoms with Gasteiger partial charge in [0.2, 0.25) is 5.91 Å². The largest absolute Gasteiger partial charge is 0.361 e. The summed E-state index contributed by atoms with van der Waals surface area (Å²) in [6.07, 6.45) is 3.32. The Morgan fingerprint density at radius 2 is 2.17 bits per heavy atom. The quantitative estimate of drug-likeness (QED) is 0.601. The Bertz CT molecular complexity index is 749. The zero-order valence-electron chi connectivity index (χ0n) is 12.9. The smallest absolute Gasteiger partial charge is 0.220 e. The first kappa shape index (κ1) is 16.1. The number of thiophene rings is 1. The molecule has 3 nitrogen and oxygen atoms in total. The maximum Gasteiger partial charge on any atom is 0.220 e. The van der Waals surface area contributed by atoms with Crippen molar-refractivity contribution < 1.29 is 4.79 Å². The van der Waals surface area contributed by atoms with Crippen molar-refractivity contribution in [3.63, 3.8) is 0 Å². The zero-order valence-corrected chi connectivity index (χ0v) is 14.5. The van der Waals surface area contributed by atoms with Crippen molar-refractivity contribution >= 4 is 39.9 Å². The number of nitrogens with one attached hydrogen (secondary N) is 2. The SMILES string of the molecule is O=C(CCc1c[nH]c2ccccc12)NCCSCc1ccsc1. The summed E-state index contributed by atoms with van der Waals surface area (Å²) in [4.78, 5) is 15.2. The molecule has 0 unspecified atom stereocenters. The number of para-hydroxylation sites is 1. The molecule has 0 atom stereocenters. The predicted molar refractivity (Wildman–Crippen MR) is 100 cm³/mol. The van der Waals surface area contributed by atoms with Gasteiger partial charge in [-0.25, -0.2) is 0 Å². The minimum Gasteiger partial charge on any atom is -0.361 e. The molecule has 3 rings (SSSR count). The lowest BCUT2D eigenvalue weighted by Crippen LogP contribution is -2.25. The molecule has 0 spiro atoms. The fourth-order valence-electron chi connectivity index (χ4n) is 2.50. The average Bonchev–Trinajstić information content (AvgIpc) is 3.22. The number of aryl methyl sites for hydroxylation is 1. The Morgan fingerprint density at radius 1 is 1.26 bits per heavy atom. The Labute approximate surface area is 144 Å². The summed E-state index contributed by atoms with van der Waals surface area (Å²) < 4.78 is 0. The van der Waals surface area contributed by atoms with Crippen LogP contribution in [0.3, 0.4) is 0 Å². The van der Waals surface area contributed by atoms with E-state index in [1.165, 1.54) is 16.5 Å². The first-order valence-electron chi connectivity index (χ1n) is 7.73. The molecule has 0 radical (unpaired) electrons. The predicted octanol–water partition coefficient (Wildman–Crippen LogP) is 4.21. The molecule has 5 heteroatoms. The average molecular weight is 345 g/mol. The van der Waals surface area contributed by atoms with Gasteiger partial charge in [0.05, 0.1) is 0 Å². The lowest BCUT2D eigenvalue weighted by molar-refractivity contribution is -0.120. The number of benzene rings is 1. The molecule has 0 aliphatic carbocycles. The Hall–Kier alpha value is -1.72. The van der Waals surface area contributed by atoms with Gasteiger partial charge in [-0.2, -0.15) is 23.1 Å². The summed E-state index contributed by atoms with van der Waals surface area (Å²) in [6.45, 7) is 0.738. The molecule has 2 N–H and O–H groups in total. The van der Waals surface area contributed by atoms with Crippen LogP contribution < -0.4 is 5.32 Å². The fraction of sp³-hybridized carbons (Fsp3) is 0.278. The van der Waals surface area contributed by atoms with E-state index in [9.17, 15) is 4.79 Å². The summed E-state index contributed by atoms with van der Waals surface area (Å²) in [5.41, 5.74) is 3.71. The second kappa shape index (κ2) is 8.22. The number of carbonyl (C=O) groups is 1. The summed E-state index contributed by atoms with van der Waals surface area (Å²) in [7, 11) is 0. The number of aromatic amines is 1. The van der Waals surface area contributed by atoms with E-state index < -0.39 is 0 Å². The minimum atomic E-state index is 0.131. The molecule has 0 fully saturated rings. The molecule has 23 heavy (non-hydrogen) atoms. The summed E-state index contributed by atoms with van der Waals surface area (Å²) in [6, 6.07) is 10.4. The summed E-state index contributed by atoms with van der Waals surface area (Å²) in [5.74, 6) is 2.11. The third-order valence-electron chi connectivity index (χ3n) is 3.71. The normalized spacial score (nSPS) is 11.0. The van der Waals surface area contributed by atoms with E-state index in [2.05, 4.69) is 39.3 Å². The second-order valence-corrected chi connectivity index (χ2v) is 7.28. The van der Waals surface area contributed by atoms with Crippen LogP contribution in [0.25, 0.3) is 10.9 Å². The molecule has 0 aliphatic rings. The van der Waals surface area contributed by atoms with E-state index in [4.69, 9.17) is 0 Å². The number of hydrogen-bond acceptors (Lipinski definition) is 3. The standard InChI is InChI=1S/C18H20N2OS2/c21-18(19-8-10-23-13-14-7-9-22-12-14)6-5-15-11-20-17-4-2-1-3-16(15)17/h1-4,7,9,11-12,20H,5-6,8,10,13H2,(H,19,21). The van der Waals surface area contributed by atoms with E-state index in [-0.39, 0.29) is 5.91 Å². The molecule has 0 bridgehead atoms.